The van der Waals surface area contributed by atoms with Gasteiger partial charge in [-0.05, 0) is 49.4 Å². The largest absolute Gasteiger partial charge is 0.472 e. The number of phosphoric ester groups is 2. The monoisotopic (exact) mass is 1380 g/mol. The average Bonchev–Trinajstić information content (AvgIpc) is 1.95. The zero-order valence-corrected chi connectivity index (χ0v) is 63.4. The van der Waals surface area contributed by atoms with Crippen LogP contribution in [-0.2, 0) is 65.4 Å². The average molecular weight is 1380 g/mol. The summed E-state index contributed by atoms with van der Waals surface area (Å²) in [7, 11) is -9.91. The maximum absolute atomic E-state index is 13.1. The molecule has 0 aliphatic rings. The minimum absolute atomic E-state index is 0.101. The van der Waals surface area contributed by atoms with Crippen LogP contribution in [0.5, 0.6) is 0 Å². The van der Waals surface area contributed by atoms with Crippen LogP contribution in [-0.4, -0.2) is 96.7 Å². The van der Waals surface area contributed by atoms with E-state index in [-0.39, 0.29) is 25.7 Å². The van der Waals surface area contributed by atoms with Crippen LogP contribution in [0.4, 0.5) is 0 Å². The molecule has 0 aromatic carbocycles. The molecule has 0 aliphatic carbocycles. The van der Waals surface area contributed by atoms with E-state index in [4.69, 9.17) is 37.0 Å². The second kappa shape index (κ2) is 64.4. The molecule has 94 heavy (non-hydrogen) atoms. The van der Waals surface area contributed by atoms with Gasteiger partial charge in [-0.1, -0.05) is 325 Å². The number of hydrogen-bond donors (Lipinski definition) is 3. The third kappa shape index (κ3) is 68.6. The Hall–Kier alpha value is -1.94. The van der Waals surface area contributed by atoms with E-state index in [0.717, 1.165) is 108 Å². The Morgan fingerprint density at radius 1 is 0.266 bits per heavy atom. The molecule has 0 bridgehead atoms. The van der Waals surface area contributed by atoms with E-state index in [9.17, 15) is 43.2 Å². The molecule has 0 radical (unpaired) electrons. The first-order valence-electron chi connectivity index (χ1n) is 38.7. The van der Waals surface area contributed by atoms with E-state index in [1.165, 1.54) is 173 Å². The first-order valence-corrected chi connectivity index (χ1v) is 41.7. The second-order valence-electron chi connectivity index (χ2n) is 28.9. The number of ether oxygens (including phenoxy) is 4. The third-order valence-electron chi connectivity index (χ3n) is 17.3. The zero-order chi connectivity index (χ0) is 69.6. The number of aliphatic hydroxyl groups is 1. The molecule has 0 fully saturated rings. The van der Waals surface area contributed by atoms with E-state index >= 15 is 0 Å². The summed E-state index contributed by atoms with van der Waals surface area (Å²) in [6, 6.07) is 0. The van der Waals surface area contributed by atoms with Gasteiger partial charge in [-0.25, -0.2) is 9.13 Å². The summed E-state index contributed by atoms with van der Waals surface area (Å²) in [4.78, 5) is 72.6. The molecule has 558 valence electrons. The van der Waals surface area contributed by atoms with Crippen LogP contribution in [0.3, 0.4) is 0 Å². The standard InChI is InChI=1S/C75H146O17P2/c1-65(2)51-43-35-27-23-19-15-13-11-9-10-12-14-16-21-25-29-39-47-55-72(77)85-61-70(91-74(79)57-49-41-30-26-22-18-17-20-24-28-36-44-52-66(3)4)63-89-93(81,82)87-59-69(76)60-88-94(83,84)90-64-71(92-75(80)58-50-42-34-32-38-46-54-68(7)8)62-86-73(78)56-48-40-33-31-37-45-53-67(5)6/h65-71,76H,9-64H2,1-8H3,(H,81,82)(H,83,84)/t69-,70-,71-/m1/s1. The Balaban J connectivity index is 5.16. The van der Waals surface area contributed by atoms with Crippen molar-refractivity contribution in [3.63, 3.8) is 0 Å². The van der Waals surface area contributed by atoms with Crippen molar-refractivity contribution in [2.75, 3.05) is 39.6 Å². The molecule has 0 aromatic rings. The lowest BCUT2D eigenvalue weighted by Crippen LogP contribution is -2.30. The molecule has 0 rings (SSSR count). The van der Waals surface area contributed by atoms with Crippen LogP contribution in [0.15, 0.2) is 0 Å². The topological polar surface area (TPSA) is 237 Å². The van der Waals surface area contributed by atoms with E-state index in [0.29, 0.717) is 37.5 Å². The molecule has 5 atom stereocenters. The molecule has 3 N–H and O–H groups in total. The highest BCUT2D eigenvalue weighted by molar-refractivity contribution is 7.47. The highest BCUT2D eigenvalue weighted by Crippen LogP contribution is 2.45. The smallest absolute Gasteiger partial charge is 0.462 e. The normalized spacial score (nSPS) is 14.2. The van der Waals surface area contributed by atoms with E-state index in [1.54, 1.807) is 0 Å². The van der Waals surface area contributed by atoms with Gasteiger partial charge in [-0.2, -0.15) is 0 Å². The fourth-order valence-electron chi connectivity index (χ4n) is 11.4. The second-order valence-corrected chi connectivity index (χ2v) is 31.9. The number of carbonyl (C=O) groups excluding carboxylic acids is 4. The maximum atomic E-state index is 13.1. The first kappa shape index (κ1) is 92.1. The quantitative estimate of drug-likeness (QED) is 0.0222. The van der Waals surface area contributed by atoms with Gasteiger partial charge in [0.15, 0.2) is 12.2 Å². The van der Waals surface area contributed by atoms with E-state index in [1.807, 2.05) is 0 Å². The molecule has 0 spiro atoms. The van der Waals surface area contributed by atoms with Crippen molar-refractivity contribution in [3.8, 4) is 0 Å². The van der Waals surface area contributed by atoms with Gasteiger partial charge in [0.25, 0.3) is 0 Å². The number of carbonyl (C=O) groups is 4. The highest BCUT2D eigenvalue weighted by atomic mass is 31.2. The summed E-state index contributed by atoms with van der Waals surface area (Å²) >= 11 is 0. The number of hydrogen-bond acceptors (Lipinski definition) is 15. The number of esters is 4. The van der Waals surface area contributed by atoms with Gasteiger partial charge in [-0.3, -0.25) is 37.3 Å². The summed E-state index contributed by atoms with van der Waals surface area (Å²) in [6.07, 6.45) is 49.1. The molecule has 0 saturated heterocycles. The molecule has 0 saturated carbocycles. The molecule has 2 unspecified atom stereocenters. The molecule has 19 heteroatoms. The number of rotatable bonds is 72. The summed E-state index contributed by atoms with van der Waals surface area (Å²) in [5.74, 6) is 0.819. The Bertz CT molecular complexity index is 1850. The Kier molecular flexibility index (Phi) is 63.1. The predicted octanol–water partition coefficient (Wildman–Crippen LogP) is 21.7. The summed E-state index contributed by atoms with van der Waals surface area (Å²) in [5.41, 5.74) is 0. The van der Waals surface area contributed by atoms with Crippen LogP contribution in [0.25, 0.3) is 0 Å². The lowest BCUT2D eigenvalue weighted by molar-refractivity contribution is -0.161. The third-order valence-corrected chi connectivity index (χ3v) is 19.2. The van der Waals surface area contributed by atoms with Crippen molar-refractivity contribution in [2.24, 2.45) is 23.7 Å². The number of aliphatic hydroxyl groups excluding tert-OH is 1. The van der Waals surface area contributed by atoms with Crippen molar-refractivity contribution < 1.29 is 80.2 Å². The van der Waals surface area contributed by atoms with Gasteiger partial charge in [0.1, 0.15) is 19.3 Å². The molecule has 0 amide bonds. The molecule has 17 nitrogen and oxygen atoms in total. The van der Waals surface area contributed by atoms with Crippen LogP contribution >= 0.6 is 15.6 Å². The SMILES string of the molecule is CC(C)CCCCCCCCCCCCCCCCCCCCC(=O)OC[C@H](COP(=O)(O)OC[C@@H](O)COP(=O)(O)OC[C@@H](COC(=O)CCCCCCCCC(C)C)OC(=O)CCCCCCCCC(C)C)OC(=O)CCCCCCCCCCCCCCC(C)C. The molecular formula is C75H146O17P2. The van der Waals surface area contributed by atoms with Gasteiger partial charge in [0.2, 0.25) is 0 Å². The Morgan fingerprint density at radius 2 is 0.447 bits per heavy atom. The predicted molar refractivity (Wildman–Crippen MR) is 381 cm³/mol. The summed E-state index contributed by atoms with van der Waals surface area (Å²) < 4.78 is 68.3. The lowest BCUT2D eigenvalue weighted by Gasteiger charge is -2.21. The van der Waals surface area contributed by atoms with Crippen molar-refractivity contribution in [1.29, 1.82) is 0 Å². The summed E-state index contributed by atoms with van der Waals surface area (Å²) in [6.45, 7) is 14.1. The number of unbranched alkanes of at least 4 members (excludes halogenated alkanes) is 38. The van der Waals surface area contributed by atoms with Crippen molar-refractivity contribution in [2.45, 2.75) is 395 Å². The van der Waals surface area contributed by atoms with Gasteiger partial charge >= 0.3 is 39.5 Å². The fraction of sp³-hybridized carbons (Fsp3) is 0.947. The Labute approximate surface area is 575 Å². The highest BCUT2D eigenvalue weighted by Gasteiger charge is 2.30. The maximum Gasteiger partial charge on any atom is 0.472 e. The van der Waals surface area contributed by atoms with Gasteiger partial charge in [0.05, 0.1) is 26.4 Å². The van der Waals surface area contributed by atoms with E-state index < -0.39 is 97.5 Å². The minimum Gasteiger partial charge on any atom is -0.462 e. The fourth-order valence-corrected chi connectivity index (χ4v) is 13.0. The van der Waals surface area contributed by atoms with Gasteiger partial charge in [0, 0.05) is 25.7 Å². The molecular weight excluding hydrogens is 1230 g/mol. The molecule has 0 aromatic heterocycles. The van der Waals surface area contributed by atoms with Gasteiger partial charge < -0.3 is 33.8 Å². The van der Waals surface area contributed by atoms with E-state index in [2.05, 4.69) is 55.4 Å². The number of phosphoric acid groups is 2. The lowest BCUT2D eigenvalue weighted by atomic mass is 10.0. The van der Waals surface area contributed by atoms with Crippen LogP contribution in [0.2, 0.25) is 0 Å². The van der Waals surface area contributed by atoms with Crippen LogP contribution in [0.1, 0.15) is 376 Å². The molecule has 0 heterocycles. The molecule has 0 aliphatic heterocycles. The van der Waals surface area contributed by atoms with Crippen LogP contribution < -0.4 is 0 Å². The van der Waals surface area contributed by atoms with Gasteiger partial charge in [-0.15, -0.1) is 0 Å². The van der Waals surface area contributed by atoms with Crippen molar-refractivity contribution >= 4 is 39.5 Å². The minimum atomic E-state index is -4.96. The summed E-state index contributed by atoms with van der Waals surface area (Å²) in [5, 5.41) is 10.6. The van der Waals surface area contributed by atoms with Crippen LogP contribution in [0, 0.1) is 23.7 Å². The van der Waals surface area contributed by atoms with Crippen molar-refractivity contribution in [3.05, 3.63) is 0 Å². The van der Waals surface area contributed by atoms with Crippen molar-refractivity contribution in [1.82, 2.24) is 0 Å². The Morgan fingerprint density at radius 3 is 0.660 bits per heavy atom. The zero-order valence-electron chi connectivity index (χ0n) is 61.6. The first-order chi connectivity index (χ1) is 45.1.